The first-order valence-electron chi connectivity index (χ1n) is 6.86. The predicted molar refractivity (Wildman–Crippen MR) is 87.2 cm³/mol. The average molecular weight is 305 g/mol. The van der Waals surface area contributed by atoms with Crippen molar-refractivity contribution in [3.8, 4) is 0 Å². The Hall–Kier alpha value is -1.95. The van der Waals surface area contributed by atoms with E-state index in [9.17, 15) is 9.00 Å². The minimum Gasteiger partial charge on any atom is -0.388 e. The Balaban J connectivity index is 2.17. The van der Waals surface area contributed by atoms with Gasteiger partial charge >= 0.3 is 0 Å². The van der Waals surface area contributed by atoms with Gasteiger partial charge in [0.15, 0.2) is 0 Å². The summed E-state index contributed by atoms with van der Waals surface area (Å²) in [6.45, 7) is 2.25. The van der Waals surface area contributed by atoms with Crippen LogP contribution in [0.1, 0.15) is 17.4 Å². The van der Waals surface area contributed by atoms with Crippen LogP contribution < -0.4 is 10.6 Å². The van der Waals surface area contributed by atoms with Crippen LogP contribution in [0.5, 0.6) is 0 Å². The molecule has 1 aromatic heterocycles. The van der Waals surface area contributed by atoms with Crippen molar-refractivity contribution in [1.82, 2.24) is 10.3 Å². The Bertz CT molecular complexity index is 673. The first kappa shape index (κ1) is 15.4. The summed E-state index contributed by atoms with van der Waals surface area (Å²) >= 11 is 0. The molecule has 0 radical (unpaired) electrons. The number of carbonyl (C=O) groups is 1. The van der Waals surface area contributed by atoms with Crippen molar-refractivity contribution in [2.45, 2.75) is 6.92 Å². The van der Waals surface area contributed by atoms with E-state index in [0.29, 0.717) is 23.7 Å². The summed E-state index contributed by atoms with van der Waals surface area (Å²) in [6, 6.07) is 9.39. The number of benzene rings is 1. The van der Waals surface area contributed by atoms with Crippen LogP contribution in [-0.2, 0) is 10.8 Å². The van der Waals surface area contributed by atoms with Gasteiger partial charge in [0.2, 0.25) is 0 Å². The smallest absolute Gasteiger partial charge is 0.270 e. The van der Waals surface area contributed by atoms with E-state index in [0.717, 1.165) is 16.6 Å². The van der Waals surface area contributed by atoms with E-state index in [1.807, 2.05) is 38.2 Å². The van der Waals surface area contributed by atoms with E-state index in [1.54, 1.807) is 6.07 Å². The average Bonchev–Trinajstić information content (AvgIpc) is 2.53. The van der Waals surface area contributed by atoms with E-state index in [4.69, 9.17) is 0 Å². The predicted octanol–water partition coefficient (Wildman–Crippen LogP) is 1.77. The number of anilines is 1. The Labute approximate surface area is 126 Å². The largest absolute Gasteiger partial charge is 0.388 e. The summed E-state index contributed by atoms with van der Waals surface area (Å²) in [5.74, 6) is 0.827. The molecule has 2 aromatic rings. The normalized spacial score (nSPS) is 12.1. The quantitative estimate of drug-likeness (QED) is 0.853. The zero-order valence-corrected chi connectivity index (χ0v) is 13.0. The summed E-state index contributed by atoms with van der Waals surface area (Å²) in [5, 5.41) is 6.81. The molecule has 1 unspecified atom stereocenters. The Morgan fingerprint density at radius 3 is 2.81 bits per heavy atom. The Kier molecular flexibility index (Phi) is 5.27. The molecule has 1 aromatic carbocycles. The van der Waals surface area contributed by atoms with Crippen molar-refractivity contribution in [3.05, 3.63) is 36.0 Å². The number of para-hydroxylation sites is 1. The summed E-state index contributed by atoms with van der Waals surface area (Å²) in [4.78, 5) is 16.5. The number of aromatic nitrogens is 1. The molecule has 1 heterocycles. The zero-order chi connectivity index (χ0) is 15.2. The van der Waals surface area contributed by atoms with E-state index in [2.05, 4.69) is 15.6 Å². The van der Waals surface area contributed by atoms with Gasteiger partial charge in [-0.3, -0.25) is 9.00 Å². The lowest BCUT2D eigenvalue weighted by Crippen LogP contribution is -2.28. The molecule has 0 saturated carbocycles. The molecule has 1 amide bonds. The zero-order valence-electron chi connectivity index (χ0n) is 12.2. The van der Waals surface area contributed by atoms with E-state index in [-0.39, 0.29) is 5.91 Å². The highest BCUT2D eigenvalue weighted by Crippen LogP contribution is 2.22. The van der Waals surface area contributed by atoms with Gasteiger partial charge in [0, 0.05) is 47.0 Å². The molecule has 1 atom stereocenters. The summed E-state index contributed by atoms with van der Waals surface area (Å²) < 4.78 is 11.3. The fourth-order valence-corrected chi connectivity index (χ4v) is 2.63. The van der Waals surface area contributed by atoms with Gasteiger partial charge < -0.3 is 10.6 Å². The fourth-order valence-electron chi connectivity index (χ4n) is 2.01. The maximum atomic E-state index is 12.1. The van der Waals surface area contributed by atoms with Gasteiger partial charge in [-0.15, -0.1) is 0 Å². The van der Waals surface area contributed by atoms with E-state index >= 15 is 0 Å². The lowest BCUT2D eigenvalue weighted by molar-refractivity contribution is 0.0951. The highest BCUT2D eigenvalue weighted by atomic mass is 32.2. The Morgan fingerprint density at radius 1 is 1.33 bits per heavy atom. The second-order valence-electron chi connectivity index (χ2n) is 4.51. The van der Waals surface area contributed by atoms with Crippen molar-refractivity contribution in [1.29, 1.82) is 0 Å². The van der Waals surface area contributed by atoms with Crippen molar-refractivity contribution in [2.24, 2.45) is 0 Å². The molecule has 0 saturated heterocycles. The molecular formula is C15H19N3O2S. The van der Waals surface area contributed by atoms with Crippen LogP contribution in [0, 0.1) is 0 Å². The van der Waals surface area contributed by atoms with Crippen molar-refractivity contribution in [3.63, 3.8) is 0 Å². The summed E-state index contributed by atoms with van der Waals surface area (Å²) in [5.41, 5.74) is 2.00. The van der Waals surface area contributed by atoms with Gasteiger partial charge in [0.05, 0.1) is 5.52 Å². The maximum absolute atomic E-state index is 12.1. The van der Waals surface area contributed by atoms with Crippen molar-refractivity contribution >= 4 is 33.3 Å². The minimum absolute atomic E-state index is 0.245. The first-order valence-corrected chi connectivity index (χ1v) is 8.35. The van der Waals surface area contributed by atoms with Crippen LogP contribution in [-0.4, -0.2) is 40.2 Å². The third kappa shape index (κ3) is 3.78. The number of hydrogen-bond acceptors (Lipinski definition) is 4. The van der Waals surface area contributed by atoms with Gasteiger partial charge in [0.25, 0.3) is 5.91 Å². The number of nitrogens with zero attached hydrogens (tertiary/aromatic N) is 1. The fraction of sp³-hybridized carbons (Fsp3) is 0.333. The Morgan fingerprint density at radius 2 is 2.10 bits per heavy atom. The SMILES string of the molecule is CCS(=O)CCNC(=O)c1cc(NC)c2ccccc2n1. The molecule has 0 aliphatic rings. The second-order valence-corrected chi connectivity index (χ2v) is 6.38. The summed E-state index contributed by atoms with van der Waals surface area (Å²) in [6.07, 6.45) is 0. The van der Waals surface area contributed by atoms with Gasteiger partial charge in [-0.05, 0) is 12.1 Å². The third-order valence-electron chi connectivity index (χ3n) is 3.16. The van der Waals surface area contributed by atoms with Gasteiger partial charge in [-0.1, -0.05) is 25.1 Å². The molecule has 0 fully saturated rings. The number of amides is 1. The van der Waals surface area contributed by atoms with Crippen LogP contribution in [0.4, 0.5) is 5.69 Å². The molecular weight excluding hydrogens is 286 g/mol. The molecule has 112 valence electrons. The molecule has 6 heteroatoms. The van der Waals surface area contributed by atoms with Gasteiger partial charge in [0.1, 0.15) is 5.69 Å². The third-order valence-corrected chi connectivity index (χ3v) is 4.46. The molecule has 2 rings (SSSR count). The van der Waals surface area contributed by atoms with E-state index in [1.165, 1.54) is 0 Å². The molecule has 2 N–H and O–H groups in total. The van der Waals surface area contributed by atoms with Gasteiger partial charge in [-0.2, -0.15) is 0 Å². The highest BCUT2D eigenvalue weighted by molar-refractivity contribution is 7.84. The molecule has 5 nitrogen and oxygen atoms in total. The molecule has 0 aliphatic carbocycles. The van der Waals surface area contributed by atoms with Crippen molar-refractivity contribution in [2.75, 3.05) is 30.4 Å². The van der Waals surface area contributed by atoms with Crippen LogP contribution in [0.2, 0.25) is 0 Å². The van der Waals surface area contributed by atoms with Crippen molar-refractivity contribution < 1.29 is 9.00 Å². The highest BCUT2D eigenvalue weighted by Gasteiger charge is 2.11. The van der Waals surface area contributed by atoms with Crippen LogP contribution >= 0.6 is 0 Å². The number of fused-ring (bicyclic) bond motifs is 1. The van der Waals surface area contributed by atoms with Crippen LogP contribution in [0.3, 0.4) is 0 Å². The molecule has 0 spiro atoms. The molecule has 0 aliphatic heterocycles. The van der Waals surface area contributed by atoms with Gasteiger partial charge in [-0.25, -0.2) is 4.98 Å². The number of pyridine rings is 1. The lowest BCUT2D eigenvalue weighted by atomic mass is 10.1. The summed E-state index contributed by atoms with van der Waals surface area (Å²) in [7, 11) is 0.938. The number of hydrogen-bond donors (Lipinski definition) is 2. The second kappa shape index (κ2) is 7.17. The maximum Gasteiger partial charge on any atom is 0.270 e. The first-order chi connectivity index (χ1) is 10.2. The topological polar surface area (TPSA) is 71.1 Å². The number of nitrogens with one attached hydrogen (secondary N) is 2. The monoisotopic (exact) mass is 305 g/mol. The van der Waals surface area contributed by atoms with Crippen LogP contribution in [0.15, 0.2) is 30.3 Å². The van der Waals surface area contributed by atoms with E-state index < -0.39 is 10.8 Å². The lowest BCUT2D eigenvalue weighted by Gasteiger charge is -2.09. The van der Waals surface area contributed by atoms with Crippen LogP contribution in [0.25, 0.3) is 10.9 Å². The molecule has 21 heavy (non-hydrogen) atoms. The standard InChI is InChI=1S/C15H19N3O2S/c1-3-21(20)9-8-17-15(19)14-10-13(16-2)11-6-4-5-7-12(11)18-14/h4-7,10H,3,8-9H2,1-2H3,(H,16,18)(H,17,19). The molecule has 0 bridgehead atoms. The number of rotatable bonds is 6. The number of carbonyl (C=O) groups excluding carboxylic acids is 1. The minimum atomic E-state index is -0.876.